The lowest BCUT2D eigenvalue weighted by Gasteiger charge is -2.12. The van der Waals surface area contributed by atoms with E-state index < -0.39 is 0 Å². The number of aromatic nitrogens is 2. The summed E-state index contributed by atoms with van der Waals surface area (Å²) in [5.41, 5.74) is 5.77. The number of nitrogens with zero attached hydrogens (tertiary/aromatic N) is 2. The van der Waals surface area contributed by atoms with E-state index in [1.807, 2.05) is 43.3 Å². The third kappa shape index (κ3) is 4.26. The van der Waals surface area contributed by atoms with Gasteiger partial charge in [0.15, 0.2) is 0 Å². The molecule has 2 aromatic heterocycles. The Hall–Kier alpha value is -3.47. The minimum Gasteiger partial charge on any atom is -0.497 e. The largest absolute Gasteiger partial charge is 0.497 e. The summed E-state index contributed by atoms with van der Waals surface area (Å²) in [5.74, 6) is 1.10. The van der Waals surface area contributed by atoms with Crippen LogP contribution in [0.5, 0.6) is 5.75 Å². The third-order valence-corrected chi connectivity index (χ3v) is 4.46. The molecule has 0 atom stereocenters. The van der Waals surface area contributed by atoms with Crippen LogP contribution in [0, 0.1) is 6.92 Å². The van der Waals surface area contributed by atoms with Gasteiger partial charge in [0.2, 0.25) is 0 Å². The van der Waals surface area contributed by atoms with Gasteiger partial charge in [0.05, 0.1) is 12.7 Å². The molecule has 0 radical (unpaired) electrons. The Kier molecular flexibility index (Phi) is 5.84. The van der Waals surface area contributed by atoms with Crippen molar-refractivity contribution in [2.45, 2.75) is 20.8 Å². The number of anilines is 1. The minimum atomic E-state index is -0.219. The topological polar surface area (TPSA) is 64.1 Å². The SMILES string of the molecule is COc1ccc(C(=C(C)C)c2ccc(NC(=O)c3cnccc3C)nc2)cc1. The number of amides is 1. The van der Waals surface area contributed by atoms with Crippen molar-refractivity contribution >= 4 is 17.3 Å². The first-order valence-corrected chi connectivity index (χ1v) is 9.00. The first-order valence-electron chi connectivity index (χ1n) is 9.00. The quantitative estimate of drug-likeness (QED) is 0.692. The monoisotopic (exact) mass is 373 g/mol. The summed E-state index contributed by atoms with van der Waals surface area (Å²) in [7, 11) is 1.65. The number of hydrogen-bond donors (Lipinski definition) is 1. The maximum absolute atomic E-state index is 12.4. The average molecular weight is 373 g/mol. The fourth-order valence-corrected chi connectivity index (χ4v) is 3.00. The lowest BCUT2D eigenvalue weighted by Crippen LogP contribution is -2.14. The van der Waals surface area contributed by atoms with Crippen LogP contribution in [0.3, 0.4) is 0 Å². The van der Waals surface area contributed by atoms with Gasteiger partial charge in [-0.05, 0) is 67.8 Å². The molecule has 142 valence electrons. The number of carbonyl (C=O) groups is 1. The van der Waals surface area contributed by atoms with Gasteiger partial charge in [0, 0.05) is 24.2 Å². The van der Waals surface area contributed by atoms with Crippen LogP contribution in [-0.2, 0) is 0 Å². The molecule has 1 amide bonds. The smallest absolute Gasteiger partial charge is 0.258 e. The Morgan fingerprint density at radius 1 is 0.964 bits per heavy atom. The fraction of sp³-hybridized carbons (Fsp3) is 0.174. The van der Waals surface area contributed by atoms with Crippen LogP contribution in [0.15, 0.2) is 66.6 Å². The summed E-state index contributed by atoms with van der Waals surface area (Å²) in [5, 5.41) is 2.83. The van der Waals surface area contributed by atoms with Crippen molar-refractivity contribution in [1.29, 1.82) is 0 Å². The van der Waals surface area contributed by atoms with Gasteiger partial charge in [-0.15, -0.1) is 0 Å². The Labute approximate surface area is 165 Å². The molecule has 2 heterocycles. The molecule has 3 aromatic rings. The predicted molar refractivity (Wildman–Crippen MR) is 112 cm³/mol. The van der Waals surface area contributed by atoms with Crippen LogP contribution in [-0.4, -0.2) is 23.0 Å². The van der Waals surface area contributed by atoms with E-state index in [0.717, 1.165) is 28.0 Å². The molecule has 5 nitrogen and oxygen atoms in total. The van der Waals surface area contributed by atoms with Crippen molar-refractivity contribution in [2.24, 2.45) is 0 Å². The van der Waals surface area contributed by atoms with E-state index in [4.69, 9.17) is 4.74 Å². The molecule has 5 heteroatoms. The number of nitrogens with one attached hydrogen (secondary N) is 1. The molecule has 0 saturated heterocycles. The second-order valence-electron chi connectivity index (χ2n) is 6.68. The van der Waals surface area contributed by atoms with Gasteiger partial charge in [-0.3, -0.25) is 9.78 Å². The first-order chi connectivity index (χ1) is 13.5. The summed E-state index contributed by atoms with van der Waals surface area (Å²) in [6.07, 6.45) is 5.00. The Bertz CT molecular complexity index is 1000. The van der Waals surface area contributed by atoms with E-state index in [1.54, 1.807) is 31.8 Å². The second kappa shape index (κ2) is 8.48. The highest BCUT2D eigenvalue weighted by atomic mass is 16.5. The summed E-state index contributed by atoms with van der Waals surface area (Å²) < 4.78 is 5.24. The molecule has 0 fully saturated rings. The van der Waals surface area contributed by atoms with Crippen molar-refractivity contribution < 1.29 is 9.53 Å². The molecule has 0 aliphatic heterocycles. The van der Waals surface area contributed by atoms with Crippen LogP contribution in [0.4, 0.5) is 5.82 Å². The number of ether oxygens (including phenoxy) is 1. The average Bonchev–Trinajstić information content (AvgIpc) is 2.70. The van der Waals surface area contributed by atoms with Gasteiger partial charge in [-0.25, -0.2) is 4.98 Å². The zero-order valence-corrected chi connectivity index (χ0v) is 16.5. The maximum Gasteiger partial charge on any atom is 0.258 e. The van der Waals surface area contributed by atoms with Gasteiger partial charge in [0.1, 0.15) is 11.6 Å². The number of methoxy groups -OCH3 is 1. The van der Waals surface area contributed by atoms with Gasteiger partial charge in [-0.1, -0.05) is 17.7 Å². The zero-order valence-electron chi connectivity index (χ0n) is 16.5. The lowest BCUT2D eigenvalue weighted by molar-refractivity contribution is 0.102. The number of carbonyl (C=O) groups excluding carboxylic acids is 1. The van der Waals surface area contributed by atoms with E-state index in [0.29, 0.717) is 11.4 Å². The zero-order chi connectivity index (χ0) is 20.1. The highest BCUT2D eigenvalue weighted by Gasteiger charge is 2.12. The Morgan fingerprint density at radius 3 is 2.25 bits per heavy atom. The predicted octanol–water partition coefficient (Wildman–Crippen LogP) is 4.89. The van der Waals surface area contributed by atoms with Crippen molar-refractivity contribution in [3.05, 3.63) is 88.9 Å². The number of benzene rings is 1. The van der Waals surface area contributed by atoms with Gasteiger partial charge >= 0.3 is 0 Å². The van der Waals surface area contributed by atoms with Gasteiger partial charge in [-0.2, -0.15) is 0 Å². The summed E-state index contributed by atoms with van der Waals surface area (Å²) in [6.45, 7) is 6.02. The molecular formula is C23H23N3O2. The van der Waals surface area contributed by atoms with Crippen molar-refractivity contribution in [2.75, 3.05) is 12.4 Å². The number of allylic oxidation sites excluding steroid dienone is 1. The molecule has 0 unspecified atom stereocenters. The number of pyridine rings is 2. The normalized spacial score (nSPS) is 10.3. The lowest BCUT2D eigenvalue weighted by atomic mass is 9.95. The highest BCUT2D eigenvalue weighted by Crippen LogP contribution is 2.28. The van der Waals surface area contributed by atoms with Crippen LogP contribution in [0.25, 0.3) is 5.57 Å². The van der Waals surface area contributed by atoms with Crippen LogP contribution in [0.1, 0.15) is 40.9 Å². The molecule has 3 rings (SSSR count). The number of aryl methyl sites for hydroxylation is 1. The maximum atomic E-state index is 12.4. The van der Waals surface area contributed by atoms with Gasteiger partial charge in [0.25, 0.3) is 5.91 Å². The Morgan fingerprint density at radius 2 is 1.68 bits per heavy atom. The minimum absolute atomic E-state index is 0.219. The molecular weight excluding hydrogens is 350 g/mol. The van der Waals surface area contributed by atoms with Crippen LogP contribution in [0.2, 0.25) is 0 Å². The fourth-order valence-electron chi connectivity index (χ4n) is 3.00. The van der Waals surface area contributed by atoms with Crippen molar-refractivity contribution in [3.8, 4) is 5.75 Å². The molecule has 0 aliphatic rings. The molecule has 0 saturated carbocycles. The molecule has 0 aliphatic carbocycles. The van der Waals surface area contributed by atoms with E-state index in [1.165, 1.54) is 5.57 Å². The standard InChI is InChI=1S/C23H23N3O2/c1-15(2)22(17-5-8-19(28-4)9-6-17)18-7-10-21(25-13-18)26-23(27)20-14-24-12-11-16(20)3/h5-14H,1-4H3,(H,25,26,27). The van der Waals surface area contributed by atoms with Crippen LogP contribution < -0.4 is 10.1 Å². The summed E-state index contributed by atoms with van der Waals surface area (Å²) in [6, 6.07) is 13.5. The van der Waals surface area contributed by atoms with E-state index in [-0.39, 0.29) is 5.91 Å². The summed E-state index contributed by atoms with van der Waals surface area (Å²) in [4.78, 5) is 20.9. The molecule has 0 spiro atoms. The molecule has 28 heavy (non-hydrogen) atoms. The second-order valence-corrected chi connectivity index (χ2v) is 6.68. The van der Waals surface area contributed by atoms with E-state index in [2.05, 4.69) is 29.1 Å². The van der Waals surface area contributed by atoms with E-state index in [9.17, 15) is 4.79 Å². The van der Waals surface area contributed by atoms with Crippen LogP contribution >= 0.6 is 0 Å². The van der Waals surface area contributed by atoms with Crippen molar-refractivity contribution in [1.82, 2.24) is 9.97 Å². The molecule has 0 bridgehead atoms. The van der Waals surface area contributed by atoms with E-state index >= 15 is 0 Å². The van der Waals surface area contributed by atoms with Crippen molar-refractivity contribution in [3.63, 3.8) is 0 Å². The molecule has 1 aromatic carbocycles. The number of rotatable bonds is 5. The summed E-state index contributed by atoms with van der Waals surface area (Å²) >= 11 is 0. The first kappa shape index (κ1) is 19.3. The Balaban J connectivity index is 1.83. The third-order valence-electron chi connectivity index (χ3n) is 4.46. The van der Waals surface area contributed by atoms with Gasteiger partial charge < -0.3 is 10.1 Å². The highest BCUT2D eigenvalue weighted by molar-refractivity contribution is 6.04. The number of hydrogen-bond acceptors (Lipinski definition) is 4. The molecule has 1 N–H and O–H groups in total.